The Bertz CT molecular complexity index is 1210. The van der Waals surface area contributed by atoms with Crippen molar-refractivity contribution in [1.29, 1.82) is 0 Å². The zero-order valence-corrected chi connectivity index (χ0v) is 19.8. The number of para-hydroxylation sites is 1. The molecule has 0 radical (unpaired) electrons. The fourth-order valence-corrected chi connectivity index (χ4v) is 4.71. The highest BCUT2D eigenvalue weighted by molar-refractivity contribution is 9.10. The van der Waals surface area contributed by atoms with E-state index in [0.717, 1.165) is 4.31 Å². The third-order valence-corrected chi connectivity index (χ3v) is 7.34. The maximum atomic E-state index is 13.9. The molecule has 0 bridgehead atoms. The molecule has 0 aliphatic heterocycles. The van der Waals surface area contributed by atoms with Crippen LogP contribution in [0, 0.1) is 5.82 Å². The van der Waals surface area contributed by atoms with Crippen LogP contribution in [0.15, 0.2) is 76.1 Å². The van der Waals surface area contributed by atoms with E-state index < -0.39 is 28.3 Å². The first-order chi connectivity index (χ1) is 14.7. The number of carbonyl (C=O) groups excluding carboxylic acids is 1. The number of carbonyl (C=O) groups is 1. The van der Waals surface area contributed by atoms with E-state index in [4.69, 9.17) is 23.2 Å². The minimum absolute atomic E-state index is 0.00875. The van der Waals surface area contributed by atoms with Crippen molar-refractivity contribution < 1.29 is 17.6 Å². The summed E-state index contributed by atoms with van der Waals surface area (Å²) < 4.78 is 42.1. The highest BCUT2D eigenvalue weighted by atomic mass is 79.9. The molecule has 3 aromatic carbocycles. The number of hydrogen-bond donors (Lipinski definition) is 1. The molecule has 1 amide bonds. The maximum absolute atomic E-state index is 13.9. The van der Waals surface area contributed by atoms with Crippen LogP contribution >= 0.6 is 39.1 Å². The fourth-order valence-electron chi connectivity index (χ4n) is 2.74. The summed E-state index contributed by atoms with van der Waals surface area (Å²) >= 11 is 15.3. The summed E-state index contributed by atoms with van der Waals surface area (Å²) in [6, 6.07) is 16.4. The van der Waals surface area contributed by atoms with Gasteiger partial charge >= 0.3 is 0 Å². The van der Waals surface area contributed by atoms with E-state index in [-0.39, 0.29) is 22.2 Å². The second kappa shape index (κ2) is 10.1. The third kappa shape index (κ3) is 6.05. The molecule has 0 saturated heterocycles. The van der Waals surface area contributed by atoms with Crippen LogP contribution < -0.4 is 5.32 Å². The second-order valence-corrected chi connectivity index (χ2v) is 10.2. The molecule has 0 aromatic heterocycles. The summed E-state index contributed by atoms with van der Waals surface area (Å²) in [7, 11) is -4.05. The maximum Gasteiger partial charge on any atom is 0.243 e. The molecule has 0 fully saturated rings. The Hall–Kier alpha value is -1.97. The van der Waals surface area contributed by atoms with Gasteiger partial charge in [-0.3, -0.25) is 4.79 Å². The Morgan fingerprint density at radius 3 is 2.32 bits per heavy atom. The lowest BCUT2D eigenvalue weighted by Crippen LogP contribution is -2.37. The van der Waals surface area contributed by atoms with Gasteiger partial charge in [-0.2, -0.15) is 4.31 Å². The molecule has 3 rings (SSSR count). The minimum atomic E-state index is -4.05. The first-order valence-electron chi connectivity index (χ1n) is 8.91. The first-order valence-corrected chi connectivity index (χ1v) is 11.9. The van der Waals surface area contributed by atoms with Crippen LogP contribution in [-0.4, -0.2) is 25.2 Å². The average molecular weight is 546 g/mol. The van der Waals surface area contributed by atoms with Gasteiger partial charge in [0.15, 0.2) is 0 Å². The quantitative estimate of drug-likeness (QED) is 0.412. The van der Waals surface area contributed by atoms with Crippen molar-refractivity contribution in [3.05, 3.63) is 92.6 Å². The Kier molecular flexibility index (Phi) is 7.72. The van der Waals surface area contributed by atoms with Crippen molar-refractivity contribution in [2.45, 2.75) is 11.4 Å². The lowest BCUT2D eigenvalue weighted by molar-refractivity contribution is -0.116. The molecule has 0 heterocycles. The van der Waals surface area contributed by atoms with Crippen molar-refractivity contribution in [3.8, 4) is 0 Å². The normalized spacial score (nSPS) is 11.5. The van der Waals surface area contributed by atoms with Gasteiger partial charge in [-0.25, -0.2) is 12.8 Å². The SMILES string of the molecule is O=C(CN(Cc1ccc(Cl)c(Cl)c1)S(=O)(=O)c1ccc(Br)cc1)Nc1ccccc1F. The van der Waals surface area contributed by atoms with Crippen molar-refractivity contribution in [3.63, 3.8) is 0 Å². The van der Waals surface area contributed by atoms with Crippen LogP contribution in [-0.2, 0) is 21.4 Å². The molecule has 0 aliphatic carbocycles. The van der Waals surface area contributed by atoms with Crippen LogP contribution in [0.3, 0.4) is 0 Å². The molecule has 0 aliphatic rings. The molecule has 162 valence electrons. The molecular formula is C21H16BrCl2FN2O3S. The molecular weight excluding hydrogens is 530 g/mol. The van der Waals surface area contributed by atoms with Crippen LogP contribution in [0.25, 0.3) is 0 Å². The van der Waals surface area contributed by atoms with Crippen molar-refractivity contribution in [2.24, 2.45) is 0 Å². The molecule has 31 heavy (non-hydrogen) atoms. The van der Waals surface area contributed by atoms with E-state index in [0.29, 0.717) is 15.1 Å². The van der Waals surface area contributed by atoms with Crippen molar-refractivity contribution in [2.75, 3.05) is 11.9 Å². The lowest BCUT2D eigenvalue weighted by Gasteiger charge is -2.22. The zero-order chi connectivity index (χ0) is 22.6. The van der Waals surface area contributed by atoms with Gasteiger partial charge in [0.05, 0.1) is 27.2 Å². The summed E-state index contributed by atoms with van der Waals surface area (Å²) in [4.78, 5) is 12.6. The fraction of sp³-hybridized carbons (Fsp3) is 0.0952. The number of rotatable bonds is 7. The molecule has 1 N–H and O–H groups in total. The topological polar surface area (TPSA) is 66.5 Å². The number of nitrogens with one attached hydrogen (secondary N) is 1. The van der Waals surface area contributed by atoms with Crippen LogP contribution in [0.2, 0.25) is 10.0 Å². The highest BCUT2D eigenvalue weighted by Crippen LogP contribution is 2.26. The molecule has 5 nitrogen and oxygen atoms in total. The van der Waals surface area contributed by atoms with Gasteiger partial charge in [0.2, 0.25) is 15.9 Å². The number of amides is 1. The van der Waals surface area contributed by atoms with Gasteiger partial charge in [0.25, 0.3) is 0 Å². The van der Waals surface area contributed by atoms with E-state index in [9.17, 15) is 17.6 Å². The van der Waals surface area contributed by atoms with Crippen molar-refractivity contribution in [1.82, 2.24) is 4.31 Å². The zero-order valence-electron chi connectivity index (χ0n) is 15.9. The summed E-state index contributed by atoms with van der Waals surface area (Å²) in [5, 5.41) is 2.99. The number of halogens is 4. The molecule has 0 atom stereocenters. The number of benzene rings is 3. The summed E-state index contributed by atoms with van der Waals surface area (Å²) in [5.74, 6) is -1.31. The Labute approximate surface area is 198 Å². The Morgan fingerprint density at radius 1 is 1.00 bits per heavy atom. The second-order valence-electron chi connectivity index (χ2n) is 6.50. The van der Waals surface area contributed by atoms with E-state index in [2.05, 4.69) is 21.2 Å². The number of hydrogen-bond acceptors (Lipinski definition) is 3. The standard InChI is InChI=1S/C21H16BrCl2FN2O3S/c22-15-6-8-16(9-7-15)31(29,30)27(12-14-5-10-17(23)18(24)11-14)13-21(28)26-20-4-2-1-3-19(20)25/h1-11H,12-13H2,(H,26,28). The predicted octanol–water partition coefficient (Wildman–Crippen LogP) is 5.72. The van der Waals surface area contributed by atoms with Gasteiger partial charge in [0.1, 0.15) is 5.82 Å². The summed E-state index contributed by atoms with van der Waals surface area (Å²) in [6.45, 7) is -0.674. The van der Waals surface area contributed by atoms with Gasteiger partial charge in [0, 0.05) is 11.0 Å². The van der Waals surface area contributed by atoms with E-state index in [1.807, 2.05) is 0 Å². The van der Waals surface area contributed by atoms with Gasteiger partial charge in [-0.05, 0) is 54.1 Å². The molecule has 3 aromatic rings. The first kappa shape index (κ1) is 23.7. The van der Waals surface area contributed by atoms with Gasteiger partial charge < -0.3 is 5.32 Å². The largest absolute Gasteiger partial charge is 0.322 e. The van der Waals surface area contributed by atoms with Crippen molar-refractivity contribution >= 4 is 60.7 Å². The number of anilines is 1. The predicted molar refractivity (Wildman–Crippen MR) is 123 cm³/mol. The van der Waals surface area contributed by atoms with E-state index in [1.54, 1.807) is 30.3 Å². The van der Waals surface area contributed by atoms with Crippen LogP contribution in [0.1, 0.15) is 5.56 Å². The molecule has 0 unspecified atom stereocenters. The molecule has 0 saturated carbocycles. The van der Waals surface area contributed by atoms with E-state index >= 15 is 0 Å². The summed E-state index contributed by atoms with van der Waals surface area (Å²) in [5.41, 5.74) is 0.497. The molecule has 0 spiro atoms. The van der Waals surface area contributed by atoms with Gasteiger partial charge in [-0.1, -0.05) is 57.3 Å². The third-order valence-electron chi connectivity index (χ3n) is 4.26. The van der Waals surface area contributed by atoms with Gasteiger partial charge in [-0.15, -0.1) is 0 Å². The summed E-state index contributed by atoms with van der Waals surface area (Å²) in [6.07, 6.45) is 0. The highest BCUT2D eigenvalue weighted by Gasteiger charge is 2.27. The monoisotopic (exact) mass is 544 g/mol. The lowest BCUT2D eigenvalue weighted by atomic mass is 10.2. The Balaban J connectivity index is 1.91. The molecule has 10 heteroatoms. The smallest absolute Gasteiger partial charge is 0.243 e. The Morgan fingerprint density at radius 2 is 1.68 bits per heavy atom. The minimum Gasteiger partial charge on any atom is -0.322 e. The average Bonchev–Trinajstić information content (AvgIpc) is 2.72. The number of nitrogens with zero attached hydrogens (tertiary/aromatic N) is 1. The van der Waals surface area contributed by atoms with E-state index in [1.165, 1.54) is 36.4 Å². The van der Waals surface area contributed by atoms with Crippen LogP contribution in [0.4, 0.5) is 10.1 Å². The van der Waals surface area contributed by atoms with Crippen LogP contribution in [0.5, 0.6) is 0 Å². The number of sulfonamides is 1.